The van der Waals surface area contributed by atoms with Gasteiger partial charge in [0.1, 0.15) is 0 Å². The molecule has 0 atom stereocenters. The second-order valence-electron chi connectivity index (χ2n) is 4.52. The number of hydrogen-bond acceptors (Lipinski definition) is 4. The molecule has 1 aliphatic heterocycles. The summed E-state index contributed by atoms with van der Waals surface area (Å²) in [7, 11) is 0. The Hall–Kier alpha value is -1.54. The highest BCUT2D eigenvalue weighted by atomic mass is 32.1. The zero-order valence-electron chi connectivity index (χ0n) is 10.4. The lowest BCUT2D eigenvalue weighted by atomic mass is 10.1. The molecule has 20 heavy (non-hydrogen) atoms. The van der Waals surface area contributed by atoms with Gasteiger partial charge in [-0.15, -0.1) is 11.3 Å². The van der Waals surface area contributed by atoms with Gasteiger partial charge in [-0.25, -0.2) is 4.98 Å². The lowest BCUT2D eigenvalue weighted by molar-refractivity contribution is -0.0944. The molecular formula is C12H12F3N3OS. The zero-order chi connectivity index (χ0) is 14.3. The molecule has 0 amide bonds. The third-order valence-electron chi connectivity index (χ3n) is 3.36. The number of anilines is 1. The molecule has 0 fully saturated rings. The molecule has 3 heterocycles. The summed E-state index contributed by atoms with van der Waals surface area (Å²) >= 11 is 1.43. The lowest BCUT2D eigenvalue weighted by Crippen LogP contribution is -2.32. The van der Waals surface area contributed by atoms with E-state index in [1.54, 1.807) is 15.5 Å². The van der Waals surface area contributed by atoms with E-state index in [1.165, 1.54) is 17.4 Å². The highest BCUT2D eigenvalue weighted by molar-refractivity contribution is 7.15. The van der Waals surface area contributed by atoms with Crippen LogP contribution in [0.3, 0.4) is 0 Å². The van der Waals surface area contributed by atoms with Crippen molar-refractivity contribution in [2.24, 2.45) is 0 Å². The summed E-state index contributed by atoms with van der Waals surface area (Å²) in [5.74, 6) is 0.567. The van der Waals surface area contributed by atoms with Gasteiger partial charge in [0.05, 0.1) is 12.3 Å². The second kappa shape index (κ2) is 4.78. The van der Waals surface area contributed by atoms with Crippen molar-refractivity contribution >= 4 is 22.1 Å². The Morgan fingerprint density at radius 2 is 2.20 bits per heavy atom. The van der Waals surface area contributed by atoms with Gasteiger partial charge in [0.25, 0.3) is 0 Å². The fraction of sp³-hybridized carbons (Fsp3) is 0.417. The van der Waals surface area contributed by atoms with E-state index in [1.807, 2.05) is 5.38 Å². The van der Waals surface area contributed by atoms with Crippen molar-refractivity contribution in [2.75, 3.05) is 18.0 Å². The fourth-order valence-electron chi connectivity index (χ4n) is 2.34. The monoisotopic (exact) mass is 303 g/mol. The van der Waals surface area contributed by atoms with E-state index in [0.717, 1.165) is 4.96 Å². The summed E-state index contributed by atoms with van der Waals surface area (Å²) in [4.78, 5) is 6.89. The zero-order valence-corrected chi connectivity index (χ0v) is 11.2. The number of thiazole rings is 1. The van der Waals surface area contributed by atoms with Gasteiger partial charge in [-0.3, -0.25) is 4.40 Å². The largest absolute Gasteiger partial charge is 0.412 e. The van der Waals surface area contributed by atoms with Crippen LogP contribution in [0.5, 0.6) is 0 Å². The Kier molecular flexibility index (Phi) is 3.21. The molecule has 4 nitrogen and oxygen atoms in total. The van der Waals surface area contributed by atoms with E-state index in [9.17, 15) is 18.3 Å². The molecule has 0 aliphatic carbocycles. The van der Waals surface area contributed by atoms with Gasteiger partial charge in [-0.05, 0) is 6.42 Å². The normalized spacial score (nSPS) is 16.8. The second-order valence-corrected chi connectivity index (χ2v) is 5.39. The maximum absolute atomic E-state index is 12.6. The first kappa shape index (κ1) is 13.4. The summed E-state index contributed by atoms with van der Waals surface area (Å²) in [6.45, 7) is 0.218. The van der Waals surface area contributed by atoms with Gasteiger partial charge >= 0.3 is 6.18 Å². The topological polar surface area (TPSA) is 40.8 Å². The Morgan fingerprint density at radius 3 is 2.80 bits per heavy atom. The molecule has 0 spiro atoms. The minimum Gasteiger partial charge on any atom is -0.390 e. The minimum absolute atomic E-state index is 0.0560. The molecule has 3 rings (SSSR count). The van der Waals surface area contributed by atoms with Crippen molar-refractivity contribution in [1.29, 1.82) is 0 Å². The Bertz CT molecular complexity index is 658. The first-order valence-electron chi connectivity index (χ1n) is 6.07. The van der Waals surface area contributed by atoms with Crippen LogP contribution >= 0.6 is 11.3 Å². The molecule has 0 saturated heterocycles. The first-order valence-corrected chi connectivity index (χ1v) is 6.95. The molecule has 0 unspecified atom stereocenters. The predicted octanol–water partition coefficient (Wildman–Crippen LogP) is 2.59. The number of aliphatic hydroxyl groups excluding tert-OH is 1. The molecule has 1 N–H and O–H groups in total. The van der Waals surface area contributed by atoms with Gasteiger partial charge < -0.3 is 10.0 Å². The molecule has 0 aromatic carbocycles. The number of halogens is 3. The van der Waals surface area contributed by atoms with Crippen LogP contribution in [0.15, 0.2) is 23.2 Å². The number of nitrogens with zero attached hydrogens (tertiary/aromatic N) is 3. The third-order valence-corrected chi connectivity index (χ3v) is 4.12. The van der Waals surface area contributed by atoms with Crippen molar-refractivity contribution in [1.82, 2.24) is 9.38 Å². The highest BCUT2D eigenvalue weighted by Gasteiger charge is 2.35. The number of alkyl halides is 3. The van der Waals surface area contributed by atoms with Crippen molar-refractivity contribution in [2.45, 2.75) is 19.2 Å². The van der Waals surface area contributed by atoms with Crippen LogP contribution in [-0.4, -0.2) is 33.8 Å². The molecule has 2 aromatic rings. The minimum atomic E-state index is -4.25. The van der Waals surface area contributed by atoms with Crippen LogP contribution in [0.1, 0.15) is 12.1 Å². The molecule has 108 valence electrons. The first-order chi connectivity index (χ1) is 9.50. The van der Waals surface area contributed by atoms with E-state index >= 15 is 0 Å². The molecule has 8 heteroatoms. The Morgan fingerprint density at radius 1 is 1.40 bits per heavy atom. The van der Waals surface area contributed by atoms with Gasteiger partial charge in [0, 0.05) is 30.2 Å². The average molecular weight is 303 g/mol. The quantitative estimate of drug-likeness (QED) is 0.867. The molecule has 2 aromatic heterocycles. The average Bonchev–Trinajstić information content (AvgIpc) is 2.97. The van der Waals surface area contributed by atoms with E-state index in [-0.39, 0.29) is 26.1 Å². The van der Waals surface area contributed by atoms with Crippen LogP contribution in [0.4, 0.5) is 19.0 Å². The van der Waals surface area contributed by atoms with Gasteiger partial charge in [-0.2, -0.15) is 13.2 Å². The molecule has 0 saturated carbocycles. The Balaban J connectivity index is 1.90. The van der Waals surface area contributed by atoms with E-state index in [2.05, 4.69) is 4.98 Å². The molecule has 0 bridgehead atoms. The third kappa shape index (κ3) is 2.18. The number of imidazole rings is 1. The maximum Gasteiger partial charge on any atom is 0.412 e. The van der Waals surface area contributed by atoms with Gasteiger partial charge in [-0.1, -0.05) is 6.08 Å². The van der Waals surface area contributed by atoms with E-state index in [0.29, 0.717) is 11.5 Å². The standard InChI is InChI=1S/C12H12F3N3OS/c13-12(14,15)8-1-3-17(4-2-8)10-9(7-19)18-5-6-20-11(18)16-10/h1,5-6,19H,2-4,7H2. The molecular weight excluding hydrogens is 291 g/mol. The van der Waals surface area contributed by atoms with E-state index < -0.39 is 11.7 Å². The SMILES string of the molecule is OCc1c(N2CC=C(C(F)(F)F)CC2)nc2sccn12. The van der Waals surface area contributed by atoms with Crippen LogP contribution in [-0.2, 0) is 6.61 Å². The van der Waals surface area contributed by atoms with Crippen LogP contribution < -0.4 is 4.90 Å². The number of aromatic nitrogens is 2. The predicted molar refractivity (Wildman–Crippen MR) is 70.0 cm³/mol. The number of rotatable bonds is 2. The lowest BCUT2D eigenvalue weighted by Gasteiger charge is -2.28. The van der Waals surface area contributed by atoms with Crippen molar-refractivity contribution in [3.8, 4) is 0 Å². The van der Waals surface area contributed by atoms with Crippen LogP contribution in [0, 0.1) is 0 Å². The summed E-state index contributed by atoms with van der Waals surface area (Å²) in [5, 5.41) is 11.3. The van der Waals surface area contributed by atoms with Gasteiger partial charge in [0.15, 0.2) is 10.8 Å². The highest BCUT2D eigenvalue weighted by Crippen LogP contribution is 2.32. The number of fused-ring (bicyclic) bond motifs is 1. The van der Waals surface area contributed by atoms with Crippen molar-refractivity contribution in [3.63, 3.8) is 0 Å². The van der Waals surface area contributed by atoms with Crippen LogP contribution in [0.2, 0.25) is 0 Å². The summed E-state index contributed by atoms with van der Waals surface area (Å²) < 4.78 is 39.5. The molecule has 0 radical (unpaired) electrons. The van der Waals surface area contributed by atoms with Crippen molar-refractivity contribution < 1.29 is 18.3 Å². The fourth-order valence-corrected chi connectivity index (χ4v) is 3.07. The number of aliphatic hydroxyl groups is 1. The van der Waals surface area contributed by atoms with E-state index in [4.69, 9.17) is 0 Å². The summed E-state index contributed by atoms with van der Waals surface area (Å²) in [6, 6.07) is 0. The molecule has 1 aliphatic rings. The number of hydrogen-bond donors (Lipinski definition) is 1. The van der Waals surface area contributed by atoms with Crippen molar-refractivity contribution in [3.05, 3.63) is 28.9 Å². The van der Waals surface area contributed by atoms with Crippen LogP contribution in [0.25, 0.3) is 4.96 Å². The Labute approximate surface area is 116 Å². The summed E-state index contributed by atoms with van der Waals surface area (Å²) in [6.07, 6.45) is -1.32. The van der Waals surface area contributed by atoms with Gasteiger partial charge in [0.2, 0.25) is 0 Å². The smallest absolute Gasteiger partial charge is 0.390 e. The maximum atomic E-state index is 12.6. The summed E-state index contributed by atoms with van der Waals surface area (Å²) in [5.41, 5.74) is 0.130.